The van der Waals surface area contributed by atoms with Gasteiger partial charge in [-0.15, -0.1) is 11.3 Å². The van der Waals surface area contributed by atoms with Crippen LogP contribution >= 0.6 is 11.3 Å². The molecule has 2 heterocycles. The van der Waals surface area contributed by atoms with Gasteiger partial charge in [0.2, 0.25) is 0 Å². The Bertz CT molecular complexity index is 673. The van der Waals surface area contributed by atoms with Crippen LogP contribution < -0.4 is 5.32 Å². The van der Waals surface area contributed by atoms with Gasteiger partial charge in [0.15, 0.2) is 0 Å². The maximum absolute atomic E-state index is 12.1. The fourth-order valence-corrected chi connectivity index (χ4v) is 3.78. The van der Waals surface area contributed by atoms with Crippen molar-refractivity contribution in [3.05, 3.63) is 52.0 Å². The molecule has 0 unspecified atom stereocenters. The number of nitrogens with zero attached hydrogens (tertiary/aromatic N) is 3. The van der Waals surface area contributed by atoms with Gasteiger partial charge in [-0.25, -0.2) is 4.98 Å². The molecule has 1 fully saturated rings. The molecule has 1 aromatic heterocycles. The van der Waals surface area contributed by atoms with E-state index in [-0.39, 0.29) is 5.91 Å². The molecule has 0 radical (unpaired) electrons. The van der Waals surface area contributed by atoms with Gasteiger partial charge in [-0.1, -0.05) is 30.3 Å². The number of hydrogen-bond acceptors (Lipinski definition) is 5. The van der Waals surface area contributed by atoms with E-state index in [2.05, 4.69) is 57.5 Å². The number of likely N-dealkylation sites (N-methyl/N-ethyl adjacent to an activating group) is 1. The normalized spacial score (nSPS) is 19.3. The van der Waals surface area contributed by atoms with E-state index in [0.29, 0.717) is 17.5 Å². The van der Waals surface area contributed by atoms with E-state index >= 15 is 0 Å². The van der Waals surface area contributed by atoms with E-state index in [0.717, 1.165) is 31.2 Å². The lowest BCUT2D eigenvalue weighted by Crippen LogP contribution is -2.48. The number of nitrogens with one attached hydrogen (secondary N) is 1. The largest absolute Gasteiger partial charge is 0.350 e. The molecule has 0 bridgehead atoms. The van der Waals surface area contributed by atoms with Crippen LogP contribution in [0.5, 0.6) is 0 Å². The average molecular weight is 344 g/mol. The fourth-order valence-electron chi connectivity index (χ4n) is 3.08. The zero-order valence-electron chi connectivity index (χ0n) is 14.2. The summed E-state index contributed by atoms with van der Waals surface area (Å²) < 4.78 is 0. The first-order valence-corrected chi connectivity index (χ1v) is 9.13. The van der Waals surface area contributed by atoms with Gasteiger partial charge < -0.3 is 10.2 Å². The van der Waals surface area contributed by atoms with Gasteiger partial charge in [-0.2, -0.15) is 0 Å². The number of hydrogen-bond donors (Lipinski definition) is 1. The summed E-state index contributed by atoms with van der Waals surface area (Å²) in [5, 5.41) is 3.94. The highest BCUT2D eigenvalue weighted by Crippen LogP contribution is 2.24. The van der Waals surface area contributed by atoms with Gasteiger partial charge in [0.25, 0.3) is 5.91 Å². The molecule has 1 atom stereocenters. The Labute approximate surface area is 147 Å². The van der Waals surface area contributed by atoms with Gasteiger partial charge in [-0.3, -0.25) is 9.69 Å². The molecule has 2 aromatic rings. The third-order valence-electron chi connectivity index (χ3n) is 4.41. The van der Waals surface area contributed by atoms with Crippen molar-refractivity contribution in [1.29, 1.82) is 0 Å². The lowest BCUT2D eigenvalue weighted by atomic mass is 10.0. The Hall–Kier alpha value is -1.76. The van der Waals surface area contributed by atoms with Crippen LogP contribution in [-0.4, -0.2) is 60.5 Å². The molecule has 128 valence electrons. The van der Waals surface area contributed by atoms with Gasteiger partial charge in [0.1, 0.15) is 4.88 Å². The lowest BCUT2D eigenvalue weighted by Gasteiger charge is -2.40. The second-order valence-corrected chi connectivity index (χ2v) is 7.46. The van der Waals surface area contributed by atoms with Crippen molar-refractivity contribution in [3.63, 3.8) is 0 Å². The van der Waals surface area contributed by atoms with Crippen LogP contribution in [0.3, 0.4) is 0 Å². The molecule has 1 amide bonds. The number of amides is 1. The van der Waals surface area contributed by atoms with Crippen LogP contribution in [0.1, 0.15) is 26.3 Å². The highest BCUT2D eigenvalue weighted by molar-refractivity contribution is 7.13. The van der Waals surface area contributed by atoms with E-state index in [9.17, 15) is 4.79 Å². The van der Waals surface area contributed by atoms with Crippen LogP contribution in [0.4, 0.5) is 0 Å². The van der Waals surface area contributed by atoms with Crippen LogP contribution in [0.15, 0.2) is 36.5 Å². The van der Waals surface area contributed by atoms with Crippen molar-refractivity contribution in [2.24, 2.45) is 0 Å². The van der Waals surface area contributed by atoms with E-state index in [1.807, 2.05) is 6.92 Å². The summed E-state index contributed by atoms with van der Waals surface area (Å²) in [4.78, 5) is 21.8. The predicted molar refractivity (Wildman–Crippen MR) is 97.4 cm³/mol. The number of aromatic nitrogens is 1. The highest BCUT2D eigenvalue weighted by Gasteiger charge is 2.26. The summed E-state index contributed by atoms with van der Waals surface area (Å²) in [6, 6.07) is 11.0. The van der Waals surface area contributed by atoms with Crippen molar-refractivity contribution in [3.8, 4) is 0 Å². The van der Waals surface area contributed by atoms with E-state index < -0.39 is 0 Å². The zero-order chi connectivity index (χ0) is 16.9. The number of carbonyl (C=O) groups excluding carboxylic acids is 1. The molecule has 1 aliphatic heterocycles. The molecular weight excluding hydrogens is 320 g/mol. The first-order chi connectivity index (χ1) is 11.6. The van der Waals surface area contributed by atoms with Gasteiger partial charge in [0, 0.05) is 38.8 Å². The minimum Gasteiger partial charge on any atom is -0.350 e. The maximum Gasteiger partial charge on any atom is 0.263 e. The Kier molecular flexibility index (Phi) is 5.60. The standard InChI is InChI=1S/C18H24N4OS/c1-14-20-12-17(24-14)18(23)19-8-9-22-11-10-21(2)13-16(22)15-6-4-3-5-7-15/h3-7,12,16H,8-11,13H2,1-2H3,(H,19,23)/t16-/m0/s1. The second kappa shape index (κ2) is 7.88. The molecule has 1 saturated heterocycles. The van der Waals surface area contributed by atoms with Crippen LogP contribution in [0, 0.1) is 6.92 Å². The van der Waals surface area contributed by atoms with Crippen molar-refractivity contribution in [1.82, 2.24) is 20.1 Å². The van der Waals surface area contributed by atoms with Crippen LogP contribution in [0.25, 0.3) is 0 Å². The highest BCUT2D eigenvalue weighted by atomic mass is 32.1. The fraction of sp³-hybridized carbons (Fsp3) is 0.444. The average Bonchev–Trinajstić information content (AvgIpc) is 3.03. The lowest BCUT2D eigenvalue weighted by molar-refractivity contribution is 0.0845. The summed E-state index contributed by atoms with van der Waals surface area (Å²) in [7, 11) is 2.17. The Morgan fingerprint density at radius 1 is 1.33 bits per heavy atom. The summed E-state index contributed by atoms with van der Waals surface area (Å²) in [6.45, 7) is 6.53. The van der Waals surface area contributed by atoms with Crippen molar-refractivity contribution in [2.45, 2.75) is 13.0 Å². The minimum atomic E-state index is -0.0222. The van der Waals surface area contributed by atoms with Crippen LogP contribution in [-0.2, 0) is 0 Å². The van der Waals surface area contributed by atoms with E-state index in [1.165, 1.54) is 16.9 Å². The summed E-state index contributed by atoms with van der Waals surface area (Å²) in [6.07, 6.45) is 1.65. The Balaban J connectivity index is 1.57. The smallest absolute Gasteiger partial charge is 0.263 e. The summed E-state index contributed by atoms with van der Waals surface area (Å²) in [5.41, 5.74) is 1.34. The number of thiazole rings is 1. The van der Waals surface area contributed by atoms with Gasteiger partial charge in [-0.05, 0) is 19.5 Å². The number of piperazine rings is 1. The number of carbonyl (C=O) groups is 1. The molecule has 1 N–H and O–H groups in total. The van der Waals surface area contributed by atoms with E-state index in [1.54, 1.807) is 6.20 Å². The third kappa shape index (κ3) is 4.20. The molecule has 24 heavy (non-hydrogen) atoms. The van der Waals surface area contributed by atoms with Crippen molar-refractivity contribution >= 4 is 17.2 Å². The van der Waals surface area contributed by atoms with Crippen LogP contribution in [0.2, 0.25) is 0 Å². The first-order valence-electron chi connectivity index (χ1n) is 8.31. The maximum atomic E-state index is 12.1. The minimum absolute atomic E-state index is 0.0222. The van der Waals surface area contributed by atoms with Gasteiger partial charge >= 0.3 is 0 Å². The van der Waals surface area contributed by atoms with Crippen molar-refractivity contribution in [2.75, 3.05) is 39.8 Å². The third-order valence-corrected chi connectivity index (χ3v) is 5.32. The monoisotopic (exact) mass is 344 g/mol. The Morgan fingerprint density at radius 2 is 2.12 bits per heavy atom. The quantitative estimate of drug-likeness (QED) is 0.903. The second-order valence-electron chi connectivity index (χ2n) is 6.22. The molecule has 0 aliphatic carbocycles. The molecule has 1 aliphatic rings. The number of benzene rings is 1. The van der Waals surface area contributed by atoms with Crippen molar-refractivity contribution < 1.29 is 4.79 Å². The molecule has 5 nitrogen and oxygen atoms in total. The topological polar surface area (TPSA) is 48.5 Å². The molecule has 0 spiro atoms. The molecule has 0 saturated carbocycles. The summed E-state index contributed by atoms with van der Waals surface area (Å²) >= 11 is 1.44. The Morgan fingerprint density at radius 3 is 2.83 bits per heavy atom. The SMILES string of the molecule is Cc1ncc(C(=O)NCCN2CCN(C)C[C@H]2c2ccccc2)s1. The zero-order valence-corrected chi connectivity index (χ0v) is 15.1. The van der Waals surface area contributed by atoms with Gasteiger partial charge in [0.05, 0.1) is 11.2 Å². The molecular formula is C18H24N4OS. The molecule has 3 rings (SSSR count). The number of aryl methyl sites for hydroxylation is 1. The molecule has 1 aromatic carbocycles. The summed E-state index contributed by atoms with van der Waals surface area (Å²) in [5.74, 6) is -0.0222. The first kappa shape index (κ1) is 17.1. The predicted octanol–water partition coefficient (Wildman–Crippen LogP) is 2.17. The number of rotatable bonds is 5. The molecule has 6 heteroatoms. The van der Waals surface area contributed by atoms with E-state index in [4.69, 9.17) is 0 Å².